The van der Waals surface area contributed by atoms with Crippen molar-refractivity contribution < 1.29 is 4.79 Å². The Labute approximate surface area is 111 Å². The molecule has 2 aliphatic rings. The van der Waals surface area contributed by atoms with E-state index in [1.165, 1.54) is 25.9 Å². The van der Waals surface area contributed by atoms with Crippen molar-refractivity contribution in [2.75, 3.05) is 33.7 Å². The standard InChI is InChI=1S/C14H27N3O/c1-11(12-6-8-16(2)9-7-12)15-13-4-5-14(18)17(3)10-13/h11-13,15H,4-10H2,1-3H3. The van der Waals surface area contributed by atoms with Crippen LogP contribution in [0.3, 0.4) is 0 Å². The van der Waals surface area contributed by atoms with Crippen molar-refractivity contribution in [3.05, 3.63) is 0 Å². The van der Waals surface area contributed by atoms with Crippen molar-refractivity contribution >= 4 is 5.91 Å². The molecule has 0 aromatic carbocycles. The van der Waals surface area contributed by atoms with Gasteiger partial charge in [-0.1, -0.05) is 0 Å². The molecule has 4 heteroatoms. The molecule has 18 heavy (non-hydrogen) atoms. The minimum absolute atomic E-state index is 0.292. The zero-order chi connectivity index (χ0) is 13.1. The fraction of sp³-hybridized carbons (Fsp3) is 0.929. The van der Waals surface area contributed by atoms with Gasteiger partial charge in [0.25, 0.3) is 0 Å². The summed E-state index contributed by atoms with van der Waals surface area (Å²) in [4.78, 5) is 15.7. The number of likely N-dealkylation sites (tertiary alicyclic amines) is 2. The van der Waals surface area contributed by atoms with Gasteiger partial charge in [-0.05, 0) is 52.2 Å². The first-order valence-electron chi connectivity index (χ1n) is 7.25. The number of hydrogen-bond donors (Lipinski definition) is 1. The summed E-state index contributed by atoms with van der Waals surface area (Å²) in [5.74, 6) is 1.09. The van der Waals surface area contributed by atoms with Gasteiger partial charge < -0.3 is 15.1 Å². The van der Waals surface area contributed by atoms with Gasteiger partial charge in [-0.2, -0.15) is 0 Å². The lowest BCUT2D eigenvalue weighted by Crippen LogP contribution is -2.51. The van der Waals surface area contributed by atoms with Crippen LogP contribution >= 0.6 is 0 Å². The topological polar surface area (TPSA) is 35.6 Å². The van der Waals surface area contributed by atoms with Gasteiger partial charge in [-0.15, -0.1) is 0 Å². The maximum atomic E-state index is 11.5. The van der Waals surface area contributed by atoms with E-state index in [4.69, 9.17) is 0 Å². The molecule has 2 unspecified atom stereocenters. The number of carbonyl (C=O) groups is 1. The van der Waals surface area contributed by atoms with Crippen LogP contribution in [0.1, 0.15) is 32.6 Å². The molecule has 104 valence electrons. The lowest BCUT2D eigenvalue weighted by Gasteiger charge is -2.37. The first-order valence-corrected chi connectivity index (χ1v) is 7.25. The molecule has 0 aromatic rings. The average molecular weight is 253 g/mol. The fourth-order valence-electron chi connectivity index (χ4n) is 3.18. The monoisotopic (exact) mass is 253 g/mol. The van der Waals surface area contributed by atoms with Gasteiger partial charge in [0.2, 0.25) is 5.91 Å². The highest BCUT2D eigenvalue weighted by Crippen LogP contribution is 2.21. The summed E-state index contributed by atoms with van der Waals surface area (Å²) in [6.45, 7) is 5.63. The molecule has 4 nitrogen and oxygen atoms in total. The number of hydrogen-bond acceptors (Lipinski definition) is 3. The summed E-state index contributed by atoms with van der Waals surface area (Å²) in [7, 11) is 4.12. The summed E-state index contributed by atoms with van der Waals surface area (Å²) < 4.78 is 0. The molecule has 1 N–H and O–H groups in total. The van der Waals surface area contributed by atoms with E-state index in [0.717, 1.165) is 18.9 Å². The molecule has 0 bridgehead atoms. The Kier molecular flexibility index (Phi) is 4.62. The Hall–Kier alpha value is -0.610. The molecule has 2 aliphatic heterocycles. The van der Waals surface area contributed by atoms with Gasteiger partial charge in [0.05, 0.1) is 0 Å². The molecular formula is C14H27N3O. The Morgan fingerprint density at radius 2 is 1.89 bits per heavy atom. The first kappa shape index (κ1) is 13.8. The second kappa shape index (κ2) is 6.02. The van der Waals surface area contributed by atoms with Crippen molar-refractivity contribution in [3.63, 3.8) is 0 Å². The number of piperidine rings is 2. The normalized spacial score (nSPS) is 29.6. The van der Waals surface area contributed by atoms with E-state index in [0.29, 0.717) is 24.4 Å². The highest BCUT2D eigenvalue weighted by atomic mass is 16.2. The lowest BCUT2D eigenvalue weighted by molar-refractivity contribution is -0.132. The Morgan fingerprint density at radius 3 is 2.50 bits per heavy atom. The van der Waals surface area contributed by atoms with Crippen molar-refractivity contribution in [2.45, 2.75) is 44.7 Å². The number of amides is 1. The molecule has 0 aliphatic carbocycles. The Morgan fingerprint density at radius 1 is 1.22 bits per heavy atom. The van der Waals surface area contributed by atoms with E-state index >= 15 is 0 Å². The third-order valence-corrected chi connectivity index (χ3v) is 4.60. The minimum Gasteiger partial charge on any atom is -0.344 e. The second-order valence-corrected chi connectivity index (χ2v) is 6.11. The maximum Gasteiger partial charge on any atom is 0.222 e. The van der Waals surface area contributed by atoms with Crippen LogP contribution < -0.4 is 5.32 Å². The van der Waals surface area contributed by atoms with E-state index in [9.17, 15) is 4.79 Å². The highest BCUT2D eigenvalue weighted by molar-refractivity contribution is 5.76. The lowest BCUT2D eigenvalue weighted by atomic mass is 9.89. The van der Waals surface area contributed by atoms with Crippen LogP contribution in [0.15, 0.2) is 0 Å². The molecule has 2 atom stereocenters. The zero-order valence-corrected chi connectivity index (χ0v) is 12.0. The highest BCUT2D eigenvalue weighted by Gasteiger charge is 2.27. The molecule has 0 saturated carbocycles. The number of likely N-dealkylation sites (N-methyl/N-ethyl adjacent to an activating group) is 1. The number of rotatable bonds is 3. The van der Waals surface area contributed by atoms with Gasteiger partial charge in [-0.3, -0.25) is 4.79 Å². The number of nitrogens with one attached hydrogen (secondary N) is 1. The van der Waals surface area contributed by atoms with E-state index in [-0.39, 0.29) is 0 Å². The van der Waals surface area contributed by atoms with Crippen LogP contribution in [0.4, 0.5) is 0 Å². The van der Waals surface area contributed by atoms with Gasteiger partial charge in [0.1, 0.15) is 0 Å². The molecule has 2 fully saturated rings. The predicted molar refractivity (Wildman–Crippen MR) is 73.5 cm³/mol. The summed E-state index contributed by atoms with van der Waals surface area (Å²) in [6, 6.07) is 1.06. The molecule has 1 amide bonds. The first-order chi connectivity index (χ1) is 8.56. The largest absolute Gasteiger partial charge is 0.344 e. The van der Waals surface area contributed by atoms with Crippen LogP contribution in [0.25, 0.3) is 0 Å². The molecule has 2 rings (SSSR count). The van der Waals surface area contributed by atoms with Gasteiger partial charge in [0.15, 0.2) is 0 Å². The molecule has 0 radical (unpaired) electrons. The van der Waals surface area contributed by atoms with Crippen molar-refractivity contribution in [3.8, 4) is 0 Å². The van der Waals surface area contributed by atoms with Crippen LogP contribution in [0, 0.1) is 5.92 Å². The van der Waals surface area contributed by atoms with Crippen LogP contribution in [0.5, 0.6) is 0 Å². The summed E-state index contributed by atoms with van der Waals surface area (Å²) in [6.07, 6.45) is 4.30. The quantitative estimate of drug-likeness (QED) is 0.812. The SMILES string of the molecule is CC(NC1CCC(=O)N(C)C1)C1CCN(C)CC1. The summed E-state index contributed by atoms with van der Waals surface area (Å²) >= 11 is 0. The van der Waals surface area contributed by atoms with Gasteiger partial charge in [-0.25, -0.2) is 0 Å². The van der Waals surface area contributed by atoms with Crippen molar-refractivity contribution in [2.24, 2.45) is 5.92 Å². The summed E-state index contributed by atoms with van der Waals surface area (Å²) in [5, 5.41) is 3.74. The van der Waals surface area contributed by atoms with Gasteiger partial charge in [0, 0.05) is 32.1 Å². The molecular weight excluding hydrogens is 226 g/mol. The summed E-state index contributed by atoms with van der Waals surface area (Å²) in [5.41, 5.74) is 0. The average Bonchev–Trinajstić information content (AvgIpc) is 2.34. The van der Waals surface area contributed by atoms with Gasteiger partial charge >= 0.3 is 0 Å². The van der Waals surface area contributed by atoms with Crippen molar-refractivity contribution in [1.82, 2.24) is 15.1 Å². The molecule has 0 spiro atoms. The van der Waals surface area contributed by atoms with Crippen LogP contribution in [-0.2, 0) is 4.79 Å². The Balaban J connectivity index is 1.77. The Bertz CT molecular complexity index is 287. The smallest absolute Gasteiger partial charge is 0.222 e. The minimum atomic E-state index is 0.292. The fourth-order valence-corrected chi connectivity index (χ4v) is 3.18. The van der Waals surface area contributed by atoms with E-state index < -0.39 is 0 Å². The predicted octanol–water partition coefficient (Wildman–Crippen LogP) is 0.927. The second-order valence-electron chi connectivity index (χ2n) is 6.11. The van der Waals surface area contributed by atoms with E-state index in [1.54, 1.807) is 0 Å². The number of nitrogens with zero attached hydrogens (tertiary/aromatic N) is 2. The van der Waals surface area contributed by atoms with Crippen LogP contribution in [0.2, 0.25) is 0 Å². The molecule has 0 aromatic heterocycles. The molecule has 2 heterocycles. The molecule has 2 saturated heterocycles. The van der Waals surface area contributed by atoms with E-state index in [1.807, 2.05) is 11.9 Å². The third kappa shape index (κ3) is 3.45. The maximum absolute atomic E-state index is 11.5. The van der Waals surface area contributed by atoms with Crippen molar-refractivity contribution in [1.29, 1.82) is 0 Å². The van der Waals surface area contributed by atoms with Crippen LogP contribution in [-0.4, -0.2) is 61.5 Å². The van der Waals surface area contributed by atoms with E-state index in [2.05, 4.69) is 24.2 Å². The zero-order valence-electron chi connectivity index (χ0n) is 12.0. The number of carbonyl (C=O) groups excluding carboxylic acids is 1. The third-order valence-electron chi connectivity index (χ3n) is 4.60.